The number of hydrogen-bond donors (Lipinski definition) is 0. The predicted octanol–water partition coefficient (Wildman–Crippen LogP) is 3.72. The predicted molar refractivity (Wildman–Crippen MR) is 83.1 cm³/mol. The quantitative estimate of drug-likeness (QED) is 0.731. The molecule has 0 aliphatic carbocycles. The van der Waals surface area contributed by atoms with Crippen molar-refractivity contribution in [2.45, 2.75) is 13.8 Å². The second-order valence-electron chi connectivity index (χ2n) is 4.85. The van der Waals surface area contributed by atoms with E-state index in [0.717, 1.165) is 34.0 Å². The lowest BCUT2D eigenvalue weighted by Crippen LogP contribution is -1.94. The van der Waals surface area contributed by atoms with Crippen LogP contribution in [0.2, 0.25) is 0 Å². The van der Waals surface area contributed by atoms with Gasteiger partial charge in [-0.3, -0.25) is 0 Å². The molecule has 0 unspecified atom stereocenters. The standard InChI is InChI=1S/C17H18N2O2/c1-4-21-16-6-5-9-19-11-14(18-17(16)19)13-7-8-15(20-3)12(2)10-13/h5-11H,4H2,1-3H3. The maximum absolute atomic E-state index is 5.63. The first-order valence-corrected chi connectivity index (χ1v) is 6.98. The lowest BCUT2D eigenvalue weighted by atomic mass is 10.1. The zero-order chi connectivity index (χ0) is 14.8. The van der Waals surface area contributed by atoms with Crippen molar-refractivity contribution in [2.75, 3.05) is 13.7 Å². The highest BCUT2D eigenvalue weighted by atomic mass is 16.5. The number of aryl methyl sites for hydroxylation is 1. The minimum absolute atomic E-state index is 0.628. The largest absolute Gasteiger partial charge is 0.496 e. The molecule has 3 aromatic rings. The first kappa shape index (κ1) is 13.5. The van der Waals surface area contributed by atoms with Gasteiger partial charge >= 0.3 is 0 Å². The Bertz CT molecular complexity index is 778. The highest BCUT2D eigenvalue weighted by Gasteiger charge is 2.10. The summed E-state index contributed by atoms with van der Waals surface area (Å²) in [4.78, 5) is 4.70. The van der Waals surface area contributed by atoms with Crippen molar-refractivity contribution in [3.63, 3.8) is 0 Å². The first-order valence-electron chi connectivity index (χ1n) is 6.98. The molecule has 3 rings (SSSR count). The van der Waals surface area contributed by atoms with Crippen LogP contribution in [-0.4, -0.2) is 23.1 Å². The molecule has 0 bridgehead atoms. The normalized spacial score (nSPS) is 10.8. The molecule has 21 heavy (non-hydrogen) atoms. The number of benzene rings is 1. The van der Waals surface area contributed by atoms with Gasteiger partial charge in [0.1, 0.15) is 5.75 Å². The van der Waals surface area contributed by atoms with Crippen LogP contribution >= 0.6 is 0 Å². The van der Waals surface area contributed by atoms with E-state index in [1.807, 2.05) is 54.9 Å². The lowest BCUT2D eigenvalue weighted by molar-refractivity contribution is 0.342. The smallest absolute Gasteiger partial charge is 0.180 e. The Kier molecular flexibility index (Phi) is 3.52. The summed E-state index contributed by atoms with van der Waals surface area (Å²) in [6.45, 7) is 4.63. The van der Waals surface area contributed by atoms with Crippen LogP contribution in [0.4, 0.5) is 0 Å². The average Bonchev–Trinajstić information content (AvgIpc) is 2.92. The lowest BCUT2D eigenvalue weighted by Gasteiger charge is -2.05. The molecule has 0 spiro atoms. The molecule has 1 aromatic carbocycles. The molecule has 108 valence electrons. The van der Waals surface area contributed by atoms with Gasteiger partial charge < -0.3 is 13.9 Å². The number of fused-ring (bicyclic) bond motifs is 1. The van der Waals surface area contributed by atoms with Crippen LogP contribution in [0.15, 0.2) is 42.7 Å². The average molecular weight is 282 g/mol. The van der Waals surface area contributed by atoms with Gasteiger partial charge in [0.05, 0.1) is 19.4 Å². The molecule has 0 aliphatic heterocycles. The van der Waals surface area contributed by atoms with Crippen LogP contribution in [0.1, 0.15) is 12.5 Å². The zero-order valence-corrected chi connectivity index (χ0v) is 12.5. The van der Waals surface area contributed by atoms with E-state index in [2.05, 4.69) is 6.07 Å². The van der Waals surface area contributed by atoms with Gasteiger partial charge in [0.2, 0.25) is 0 Å². The summed E-state index contributed by atoms with van der Waals surface area (Å²) in [5, 5.41) is 0. The topological polar surface area (TPSA) is 35.8 Å². The molecule has 0 atom stereocenters. The molecule has 0 saturated carbocycles. The van der Waals surface area contributed by atoms with Crippen molar-refractivity contribution in [3.05, 3.63) is 48.3 Å². The van der Waals surface area contributed by atoms with Gasteiger partial charge in [0.15, 0.2) is 11.4 Å². The molecular formula is C17H18N2O2. The number of ether oxygens (including phenoxy) is 2. The molecule has 0 saturated heterocycles. The summed E-state index contributed by atoms with van der Waals surface area (Å²) >= 11 is 0. The molecule has 0 radical (unpaired) electrons. The van der Waals surface area contributed by atoms with Crippen molar-refractivity contribution in [1.29, 1.82) is 0 Å². The summed E-state index contributed by atoms with van der Waals surface area (Å²) < 4.78 is 12.9. The Morgan fingerprint density at radius 1 is 1.19 bits per heavy atom. The van der Waals surface area contributed by atoms with Gasteiger partial charge in [-0.1, -0.05) is 0 Å². The molecular weight excluding hydrogens is 264 g/mol. The second-order valence-corrected chi connectivity index (χ2v) is 4.85. The van der Waals surface area contributed by atoms with Crippen molar-refractivity contribution in [3.8, 4) is 22.8 Å². The summed E-state index contributed by atoms with van der Waals surface area (Å²) in [6.07, 6.45) is 3.99. The van der Waals surface area contributed by atoms with Crippen LogP contribution < -0.4 is 9.47 Å². The van der Waals surface area contributed by atoms with Crippen LogP contribution in [0.5, 0.6) is 11.5 Å². The van der Waals surface area contributed by atoms with E-state index in [0.29, 0.717) is 6.61 Å². The molecule has 0 N–H and O–H groups in total. The molecule has 0 amide bonds. The van der Waals surface area contributed by atoms with Crippen molar-refractivity contribution < 1.29 is 9.47 Å². The fourth-order valence-electron chi connectivity index (χ4n) is 2.43. The summed E-state index contributed by atoms with van der Waals surface area (Å²) in [5.41, 5.74) is 3.92. The molecule has 2 heterocycles. The fourth-order valence-corrected chi connectivity index (χ4v) is 2.43. The number of pyridine rings is 1. The third-order valence-electron chi connectivity index (χ3n) is 3.44. The van der Waals surface area contributed by atoms with Crippen molar-refractivity contribution in [1.82, 2.24) is 9.38 Å². The number of methoxy groups -OCH3 is 1. The monoisotopic (exact) mass is 282 g/mol. The van der Waals surface area contributed by atoms with E-state index in [1.165, 1.54) is 0 Å². The summed E-state index contributed by atoms with van der Waals surface area (Å²) in [5.74, 6) is 1.69. The minimum atomic E-state index is 0.628. The molecule has 4 heteroatoms. The Labute approximate surface area is 124 Å². The van der Waals surface area contributed by atoms with Crippen LogP contribution in [-0.2, 0) is 0 Å². The van der Waals surface area contributed by atoms with E-state index < -0.39 is 0 Å². The Hall–Kier alpha value is -2.49. The molecule has 2 aromatic heterocycles. The zero-order valence-electron chi connectivity index (χ0n) is 12.5. The number of rotatable bonds is 4. The van der Waals surface area contributed by atoms with E-state index in [1.54, 1.807) is 7.11 Å². The third kappa shape index (κ3) is 2.44. The van der Waals surface area contributed by atoms with E-state index in [-0.39, 0.29) is 0 Å². The maximum atomic E-state index is 5.63. The minimum Gasteiger partial charge on any atom is -0.496 e. The van der Waals surface area contributed by atoms with Crippen LogP contribution in [0.25, 0.3) is 16.9 Å². The highest BCUT2D eigenvalue weighted by Crippen LogP contribution is 2.28. The van der Waals surface area contributed by atoms with Crippen LogP contribution in [0.3, 0.4) is 0 Å². The van der Waals surface area contributed by atoms with Gasteiger partial charge in [-0.15, -0.1) is 0 Å². The van der Waals surface area contributed by atoms with Crippen molar-refractivity contribution in [2.24, 2.45) is 0 Å². The number of aromatic nitrogens is 2. The molecule has 0 fully saturated rings. The van der Waals surface area contributed by atoms with Gasteiger partial charge in [0.25, 0.3) is 0 Å². The SMILES string of the molecule is CCOc1cccn2cc(-c3ccc(OC)c(C)c3)nc12. The second kappa shape index (κ2) is 5.48. The Balaban J connectivity index is 2.08. The highest BCUT2D eigenvalue weighted by molar-refractivity contribution is 5.67. The van der Waals surface area contributed by atoms with E-state index >= 15 is 0 Å². The fraction of sp³-hybridized carbons (Fsp3) is 0.235. The Morgan fingerprint density at radius 3 is 2.76 bits per heavy atom. The molecule has 0 aliphatic rings. The Morgan fingerprint density at radius 2 is 2.05 bits per heavy atom. The molecule has 4 nitrogen and oxygen atoms in total. The summed E-state index contributed by atoms with van der Waals surface area (Å²) in [7, 11) is 1.68. The first-order chi connectivity index (χ1) is 10.2. The summed E-state index contributed by atoms with van der Waals surface area (Å²) in [6, 6.07) is 9.98. The van der Waals surface area contributed by atoms with E-state index in [4.69, 9.17) is 14.5 Å². The van der Waals surface area contributed by atoms with E-state index in [9.17, 15) is 0 Å². The number of imidazole rings is 1. The van der Waals surface area contributed by atoms with Crippen molar-refractivity contribution >= 4 is 5.65 Å². The van der Waals surface area contributed by atoms with Gasteiger partial charge in [-0.2, -0.15) is 0 Å². The number of nitrogens with zero attached hydrogens (tertiary/aromatic N) is 2. The third-order valence-corrected chi connectivity index (χ3v) is 3.44. The van der Waals surface area contributed by atoms with Gasteiger partial charge in [-0.05, 0) is 49.7 Å². The van der Waals surface area contributed by atoms with Gasteiger partial charge in [0, 0.05) is 18.0 Å². The van der Waals surface area contributed by atoms with Crippen LogP contribution in [0, 0.1) is 6.92 Å². The number of hydrogen-bond acceptors (Lipinski definition) is 3. The maximum Gasteiger partial charge on any atom is 0.180 e. The van der Waals surface area contributed by atoms with Gasteiger partial charge in [-0.25, -0.2) is 4.98 Å².